The summed E-state index contributed by atoms with van der Waals surface area (Å²) in [6.07, 6.45) is 1.54. The first-order valence-electron chi connectivity index (χ1n) is 6.94. The van der Waals surface area contributed by atoms with Gasteiger partial charge in [-0.3, -0.25) is 9.59 Å². The third kappa shape index (κ3) is 3.89. The van der Waals surface area contributed by atoms with Crippen LogP contribution in [0.1, 0.15) is 30.1 Å². The van der Waals surface area contributed by atoms with E-state index >= 15 is 0 Å². The lowest BCUT2D eigenvalue weighted by Gasteiger charge is -2.31. The average molecular weight is 330 g/mol. The van der Waals surface area contributed by atoms with Crippen LogP contribution in [0.5, 0.6) is 0 Å². The van der Waals surface area contributed by atoms with Gasteiger partial charge in [0.05, 0.1) is 22.6 Å². The zero-order valence-electron chi connectivity index (χ0n) is 11.8. The minimum atomic E-state index is -0.245. The number of likely N-dealkylation sites (tertiary alicyclic amines) is 1. The minimum Gasteiger partial charge on any atom is -0.466 e. The minimum absolute atomic E-state index is 0.137. The van der Waals surface area contributed by atoms with Gasteiger partial charge in [-0.15, -0.1) is 0 Å². The van der Waals surface area contributed by atoms with Gasteiger partial charge in [-0.1, -0.05) is 23.2 Å². The first kappa shape index (κ1) is 16.1. The van der Waals surface area contributed by atoms with E-state index in [1.165, 1.54) is 0 Å². The summed E-state index contributed by atoms with van der Waals surface area (Å²) < 4.78 is 5.03. The molecule has 4 nitrogen and oxygen atoms in total. The number of benzene rings is 1. The third-order valence-electron chi connectivity index (χ3n) is 3.50. The Morgan fingerprint density at radius 3 is 2.76 bits per heavy atom. The predicted molar refractivity (Wildman–Crippen MR) is 81.7 cm³/mol. The number of piperidine rings is 1. The quantitative estimate of drug-likeness (QED) is 0.798. The SMILES string of the molecule is CCOC(=O)[C@H]1CCCN(C(=O)c2ccc(Cl)c(Cl)c2)C1. The standard InChI is InChI=1S/C15H17Cl2NO3/c1-2-21-15(20)11-4-3-7-18(9-11)14(19)10-5-6-12(16)13(17)8-10/h5-6,8,11H,2-4,7,9H2,1H3/t11-/m0/s1. The van der Waals surface area contributed by atoms with Gasteiger partial charge in [0.1, 0.15) is 0 Å². The molecule has 1 aromatic carbocycles. The maximum atomic E-state index is 12.5. The van der Waals surface area contributed by atoms with Crippen LogP contribution in [-0.4, -0.2) is 36.5 Å². The highest BCUT2D eigenvalue weighted by Gasteiger charge is 2.29. The summed E-state index contributed by atoms with van der Waals surface area (Å²) in [6.45, 7) is 3.16. The number of nitrogens with zero attached hydrogens (tertiary/aromatic N) is 1. The van der Waals surface area contributed by atoms with Gasteiger partial charge in [0.15, 0.2) is 0 Å². The molecule has 1 aromatic rings. The molecule has 6 heteroatoms. The van der Waals surface area contributed by atoms with E-state index in [1.54, 1.807) is 30.0 Å². The summed E-state index contributed by atoms with van der Waals surface area (Å²) in [7, 11) is 0. The Hall–Kier alpha value is -1.26. The van der Waals surface area contributed by atoms with Gasteiger partial charge < -0.3 is 9.64 Å². The van der Waals surface area contributed by atoms with Crippen molar-refractivity contribution in [3.63, 3.8) is 0 Å². The van der Waals surface area contributed by atoms with Gasteiger partial charge >= 0.3 is 5.97 Å². The Kier molecular flexibility index (Phi) is 5.48. The molecule has 0 aromatic heterocycles. The van der Waals surface area contributed by atoms with Crippen molar-refractivity contribution in [2.45, 2.75) is 19.8 Å². The van der Waals surface area contributed by atoms with E-state index in [4.69, 9.17) is 27.9 Å². The number of amides is 1. The van der Waals surface area contributed by atoms with E-state index < -0.39 is 0 Å². The molecule has 1 amide bonds. The van der Waals surface area contributed by atoms with Gasteiger partial charge in [-0.05, 0) is 38.0 Å². The van der Waals surface area contributed by atoms with Gasteiger partial charge in [-0.25, -0.2) is 0 Å². The number of rotatable bonds is 3. The number of hydrogen-bond donors (Lipinski definition) is 0. The molecular formula is C15H17Cl2NO3. The Labute approximate surface area is 134 Å². The summed E-state index contributed by atoms with van der Waals surface area (Å²) in [6, 6.07) is 4.80. The van der Waals surface area contributed by atoms with Crippen LogP contribution in [-0.2, 0) is 9.53 Å². The van der Waals surface area contributed by atoms with Crippen molar-refractivity contribution in [1.82, 2.24) is 4.90 Å². The fraction of sp³-hybridized carbons (Fsp3) is 0.467. The molecule has 1 heterocycles. The van der Waals surface area contributed by atoms with Crippen molar-refractivity contribution in [2.75, 3.05) is 19.7 Å². The first-order chi connectivity index (χ1) is 10.0. The van der Waals surface area contributed by atoms with Crippen LogP contribution in [0.15, 0.2) is 18.2 Å². The Balaban J connectivity index is 2.08. The van der Waals surface area contributed by atoms with E-state index in [1.807, 2.05) is 0 Å². The molecule has 1 atom stereocenters. The molecule has 0 spiro atoms. The van der Waals surface area contributed by atoms with Crippen LogP contribution < -0.4 is 0 Å². The van der Waals surface area contributed by atoms with Gasteiger partial charge in [0, 0.05) is 18.7 Å². The van der Waals surface area contributed by atoms with Crippen LogP contribution in [0.4, 0.5) is 0 Å². The topological polar surface area (TPSA) is 46.6 Å². The first-order valence-corrected chi connectivity index (χ1v) is 7.69. The molecule has 114 valence electrons. The number of halogens is 2. The second-order valence-electron chi connectivity index (χ2n) is 4.97. The molecule has 0 unspecified atom stereocenters. The smallest absolute Gasteiger partial charge is 0.310 e. The van der Waals surface area contributed by atoms with Gasteiger partial charge in [-0.2, -0.15) is 0 Å². The van der Waals surface area contributed by atoms with Gasteiger partial charge in [0.2, 0.25) is 0 Å². The Bertz CT molecular complexity index is 548. The van der Waals surface area contributed by atoms with Crippen LogP contribution in [0.3, 0.4) is 0 Å². The number of carbonyl (C=O) groups excluding carboxylic acids is 2. The lowest BCUT2D eigenvalue weighted by atomic mass is 9.97. The highest BCUT2D eigenvalue weighted by Crippen LogP contribution is 2.25. The molecule has 0 N–H and O–H groups in total. The van der Waals surface area contributed by atoms with E-state index in [2.05, 4.69) is 0 Å². The molecule has 0 bridgehead atoms. The maximum absolute atomic E-state index is 12.5. The largest absolute Gasteiger partial charge is 0.466 e. The number of ether oxygens (including phenoxy) is 1. The molecule has 0 radical (unpaired) electrons. The van der Waals surface area contributed by atoms with E-state index in [0.29, 0.717) is 35.3 Å². The summed E-state index contributed by atoms with van der Waals surface area (Å²) >= 11 is 11.8. The van der Waals surface area contributed by atoms with Crippen LogP contribution in [0.2, 0.25) is 10.0 Å². The lowest BCUT2D eigenvalue weighted by molar-refractivity contribution is -0.149. The van der Waals surface area contributed by atoms with Crippen molar-refractivity contribution >= 4 is 35.1 Å². The summed E-state index contributed by atoms with van der Waals surface area (Å²) in [5, 5.41) is 0.762. The van der Waals surface area contributed by atoms with Crippen molar-refractivity contribution in [2.24, 2.45) is 5.92 Å². The fourth-order valence-corrected chi connectivity index (χ4v) is 2.72. The molecule has 21 heavy (non-hydrogen) atoms. The molecule has 2 rings (SSSR count). The number of hydrogen-bond acceptors (Lipinski definition) is 3. The Morgan fingerprint density at radius 2 is 2.10 bits per heavy atom. The zero-order chi connectivity index (χ0) is 15.4. The van der Waals surface area contributed by atoms with Crippen LogP contribution in [0, 0.1) is 5.92 Å². The maximum Gasteiger partial charge on any atom is 0.310 e. The molecule has 1 fully saturated rings. The predicted octanol–water partition coefficient (Wildman–Crippen LogP) is 3.41. The number of carbonyl (C=O) groups is 2. The van der Waals surface area contributed by atoms with E-state index in [9.17, 15) is 9.59 Å². The van der Waals surface area contributed by atoms with Crippen molar-refractivity contribution in [3.05, 3.63) is 33.8 Å². The molecule has 0 aliphatic carbocycles. The molecule has 1 saturated heterocycles. The molecule has 1 aliphatic heterocycles. The summed E-state index contributed by atoms with van der Waals surface area (Å²) in [5.74, 6) is -0.614. The molecular weight excluding hydrogens is 313 g/mol. The van der Waals surface area contributed by atoms with Crippen molar-refractivity contribution in [1.29, 1.82) is 0 Å². The normalized spacial score (nSPS) is 18.4. The fourth-order valence-electron chi connectivity index (χ4n) is 2.43. The van der Waals surface area contributed by atoms with Crippen molar-refractivity contribution < 1.29 is 14.3 Å². The zero-order valence-corrected chi connectivity index (χ0v) is 13.3. The second kappa shape index (κ2) is 7.14. The van der Waals surface area contributed by atoms with E-state index in [0.717, 1.165) is 12.8 Å². The lowest BCUT2D eigenvalue weighted by Crippen LogP contribution is -2.42. The highest BCUT2D eigenvalue weighted by molar-refractivity contribution is 6.42. The van der Waals surface area contributed by atoms with E-state index in [-0.39, 0.29) is 17.8 Å². The van der Waals surface area contributed by atoms with Crippen molar-refractivity contribution in [3.8, 4) is 0 Å². The number of esters is 1. The van der Waals surface area contributed by atoms with Gasteiger partial charge in [0.25, 0.3) is 5.91 Å². The third-order valence-corrected chi connectivity index (χ3v) is 4.23. The average Bonchev–Trinajstić information content (AvgIpc) is 2.49. The van der Waals surface area contributed by atoms with Crippen LogP contribution in [0.25, 0.3) is 0 Å². The van der Waals surface area contributed by atoms with Crippen LogP contribution >= 0.6 is 23.2 Å². The molecule has 1 aliphatic rings. The highest BCUT2D eigenvalue weighted by atomic mass is 35.5. The monoisotopic (exact) mass is 329 g/mol. The Morgan fingerprint density at radius 1 is 1.33 bits per heavy atom. The second-order valence-corrected chi connectivity index (χ2v) is 5.79. The summed E-state index contributed by atoms with van der Waals surface area (Å²) in [5.41, 5.74) is 0.480. The summed E-state index contributed by atoms with van der Waals surface area (Å²) in [4.78, 5) is 25.9. The molecule has 0 saturated carbocycles.